The van der Waals surface area contributed by atoms with E-state index < -0.39 is 0 Å². The Morgan fingerprint density at radius 2 is 1.93 bits per heavy atom. The maximum Gasteiger partial charge on any atom is 0.233 e. The molecule has 2 aromatic carbocycles. The second-order valence-electron chi connectivity index (χ2n) is 6.54. The number of hydrogen-bond donors (Lipinski definition) is 0. The smallest absolute Gasteiger partial charge is 0.233 e. The maximum absolute atomic E-state index is 12.6. The maximum atomic E-state index is 12.6. The summed E-state index contributed by atoms with van der Waals surface area (Å²) in [5.74, 6) is 0.311. The lowest BCUT2D eigenvalue weighted by Gasteiger charge is -2.25. The third-order valence-corrected chi connectivity index (χ3v) is 5.51. The molecule has 0 saturated carbocycles. The second-order valence-corrected chi connectivity index (χ2v) is 7.49. The number of benzene rings is 2. The molecule has 0 fully saturated rings. The molecular formula is C20H23N5OS. The molecule has 6 nitrogen and oxygen atoms in total. The molecule has 140 valence electrons. The van der Waals surface area contributed by atoms with Crippen molar-refractivity contribution in [2.24, 2.45) is 0 Å². The SMILES string of the molecule is Cc1ccc(-n2nnnc2SCC(=O)N(C)C(C)c2ccccc2)c(C)c1. The first-order valence-electron chi connectivity index (χ1n) is 8.77. The normalized spacial score (nSPS) is 12.0. The minimum Gasteiger partial charge on any atom is -0.338 e. The highest BCUT2D eigenvalue weighted by Gasteiger charge is 2.19. The molecule has 1 atom stereocenters. The highest BCUT2D eigenvalue weighted by atomic mass is 32.2. The predicted molar refractivity (Wildman–Crippen MR) is 107 cm³/mol. The van der Waals surface area contributed by atoms with Crippen LogP contribution in [0.3, 0.4) is 0 Å². The summed E-state index contributed by atoms with van der Waals surface area (Å²) >= 11 is 1.35. The van der Waals surface area contributed by atoms with Gasteiger partial charge in [-0.1, -0.05) is 59.8 Å². The van der Waals surface area contributed by atoms with Crippen LogP contribution in [0.4, 0.5) is 0 Å². The first kappa shape index (κ1) is 19.1. The molecular weight excluding hydrogens is 358 g/mol. The van der Waals surface area contributed by atoms with Gasteiger partial charge in [0, 0.05) is 7.05 Å². The number of rotatable bonds is 6. The van der Waals surface area contributed by atoms with Crippen molar-refractivity contribution in [3.05, 3.63) is 65.2 Å². The Kier molecular flexibility index (Phi) is 5.91. The van der Waals surface area contributed by atoms with E-state index in [2.05, 4.69) is 28.5 Å². The third kappa shape index (κ3) is 4.36. The number of nitrogens with zero attached hydrogens (tertiary/aromatic N) is 5. The third-order valence-electron chi connectivity index (χ3n) is 4.60. The summed E-state index contributed by atoms with van der Waals surface area (Å²) in [7, 11) is 1.83. The number of tetrazole rings is 1. The number of hydrogen-bond acceptors (Lipinski definition) is 5. The molecule has 1 amide bonds. The lowest BCUT2D eigenvalue weighted by atomic mass is 10.1. The van der Waals surface area contributed by atoms with E-state index in [0.29, 0.717) is 5.16 Å². The van der Waals surface area contributed by atoms with Gasteiger partial charge < -0.3 is 4.90 Å². The van der Waals surface area contributed by atoms with Crippen LogP contribution in [0, 0.1) is 13.8 Å². The Morgan fingerprint density at radius 1 is 1.19 bits per heavy atom. The standard InChI is InChI=1S/C20H23N5OS/c1-14-10-11-18(15(2)12-14)25-20(21-22-23-25)27-13-19(26)24(4)16(3)17-8-6-5-7-9-17/h5-12,16H,13H2,1-4H3. The zero-order valence-electron chi connectivity index (χ0n) is 16.0. The fourth-order valence-corrected chi connectivity index (χ4v) is 3.67. The van der Waals surface area contributed by atoms with Gasteiger partial charge >= 0.3 is 0 Å². The van der Waals surface area contributed by atoms with E-state index in [0.717, 1.165) is 16.8 Å². The van der Waals surface area contributed by atoms with Crippen LogP contribution in [0.1, 0.15) is 29.7 Å². The minimum atomic E-state index is 0.00892. The molecule has 7 heteroatoms. The van der Waals surface area contributed by atoms with Gasteiger partial charge in [-0.15, -0.1) is 5.10 Å². The summed E-state index contributed by atoms with van der Waals surface area (Å²) in [5, 5.41) is 12.6. The van der Waals surface area contributed by atoms with Gasteiger partial charge in [-0.3, -0.25) is 4.79 Å². The van der Waals surface area contributed by atoms with E-state index in [1.807, 2.05) is 63.4 Å². The van der Waals surface area contributed by atoms with Crippen molar-refractivity contribution in [3.63, 3.8) is 0 Å². The quantitative estimate of drug-likeness (QED) is 0.611. The summed E-state index contributed by atoms with van der Waals surface area (Å²) < 4.78 is 1.69. The first-order chi connectivity index (χ1) is 13.0. The van der Waals surface area contributed by atoms with E-state index in [9.17, 15) is 4.79 Å². The van der Waals surface area contributed by atoms with Gasteiger partial charge in [0.2, 0.25) is 11.1 Å². The molecule has 3 rings (SSSR count). The molecule has 0 aliphatic heterocycles. The van der Waals surface area contributed by atoms with Gasteiger partial charge in [-0.25, -0.2) is 0 Å². The molecule has 0 bridgehead atoms. The van der Waals surface area contributed by atoms with Crippen LogP contribution in [-0.4, -0.2) is 43.8 Å². The molecule has 0 aliphatic rings. The van der Waals surface area contributed by atoms with E-state index in [4.69, 9.17) is 0 Å². The molecule has 1 unspecified atom stereocenters. The zero-order chi connectivity index (χ0) is 19.4. The molecule has 0 spiro atoms. The summed E-state index contributed by atoms with van der Waals surface area (Å²) in [6, 6.07) is 16.1. The second kappa shape index (κ2) is 8.35. The molecule has 1 aromatic heterocycles. The van der Waals surface area contributed by atoms with Gasteiger partial charge in [-0.2, -0.15) is 4.68 Å². The topological polar surface area (TPSA) is 63.9 Å². The zero-order valence-corrected chi connectivity index (χ0v) is 16.8. The Balaban J connectivity index is 1.69. The lowest BCUT2D eigenvalue weighted by molar-refractivity contribution is -0.128. The van der Waals surface area contributed by atoms with Crippen LogP contribution < -0.4 is 0 Å². The van der Waals surface area contributed by atoms with E-state index in [1.54, 1.807) is 9.58 Å². The number of carbonyl (C=O) groups excluding carboxylic acids is 1. The monoisotopic (exact) mass is 381 g/mol. The molecule has 0 radical (unpaired) electrons. The fourth-order valence-electron chi connectivity index (χ4n) is 2.86. The largest absolute Gasteiger partial charge is 0.338 e. The Hall–Kier alpha value is -2.67. The molecule has 1 heterocycles. The van der Waals surface area contributed by atoms with Crippen molar-refractivity contribution in [2.75, 3.05) is 12.8 Å². The highest BCUT2D eigenvalue weighted by molar-refractivity contribution is 7.99. The van der Waals surface area contributed by atoms with E-state index in [-0.39, 0.29) is 17.7 Å². The summed E-state index contributed by atoms with van der Waals surface area (Å²) in [5.41, 5.74) is 4.31. The fraction of sp³-hybridized carbons (Fsp3) is 0.300. The number of amides is 1. The Bertz CT molecular complexity index is 925. The molecule has 0 saturated heterocycles. The van der Waals surface area contributed by atoms with Crippen molar-refractivity contribution in [1.82, 2.24) is 25.1 Å². The number of aryl methyl sites for hydroxylation is 2. The van der Waals surface area contributed by atoms with E-state index >= 15 is 0 Å². The van der Waals surface area contributed by atoms with Crippen molar-refractivity contribution in [2.45, 2.75) is 32.0 Å². The van der Waals surface area contributed by atoms with Crippen LogP contribution in [0.25, 0.3) is 5.69 Å². The van der Waals surface area contributed by atoms with Crippen LogP contribution in [0.2, 0.25) is 0 Å². The van der Waals surface area contributed by atoms with Crippen LogP contribution in [0.5, 0.6) is 0 Å². The van der Waals surface area contributed by atoms with Crippen LogP contribution in [0.15, 0.2) is 53.7 Å². The Morgan fingerprint density at radius 3 is 2.63 bits per heavy atom. The molecule has 0 aliphatic carbocycles. The first-order valence-corrected chi connectivity index (χ1v) is 9.75. The van der Waals surface area contributed by atoms with E-state index in [1.165, 1.54) is 17.3 Å². The molecule has 3 aromatic rings. The van der Waals surface area contributed by atoms with Crippen molar-refractivity contribution in [1.29, 1.82) is 0 Å². The number of thioether (sulfide) groups is 1. The van der Waals surface area contributed by atoms with Gasteiger partial charge in [0.05, 0.1) is 17.5 Å². The predicted octanol–water partition coefficient (Wildman–Crippen LogP) is 3.59. The average molecular weight is 382 g/mol. The van der Waals surface area contributed by atoms with Crippen molar-refractivity contribution in [3.8, 4) is 5.69 Å². The van der Waals surface area contributed by atoms with Crippen molar-refractivity contribution < 1.29 is 4.79 Å². The summed E-state index contributed by atoms with van der Waals surface area (Å²) in [6.45, 7) is 6.10. The highest BCUT2D eigenvalue weighted by Crippen LogP contribution is 2.23. The van der Waals surface area contributed by atoms with Gasteiger partial charge in [0.1, 0.15) is 0 Å². The summed E-state index contributed by atoms with van der Waals surface area (Å²) in [6.07, 6.45) is 0. The molecule has 27 heavy (non-hydrogen) atoms. The van der Waals surface area contributed by atoms with Gasteiger partial charge in [0.15, 0.2) is 0 Å². The van der Waals surface area contributed by atoms with Crippen LogP contribution >= 0.6 is 11.8 Å². The van der Waals surface area contributed by atoms with Gasteiger partial charge in [-0.05, 0) is 48.4 Å². The van der Waals surface area contributed by atoms with Crippen molar-refractivity contribution >= 4 is 17.7 Å². The minimum absolute atomic E-state index is 0.00892. The van der Waals surface area contributed by atoms with Crippen LogP contribution in [-0.2, 0) is 4.79 Å². The lowest BCUT2D eigenvalue weighted by Crippen LogP contribution is -2.31. The Labute approximate surface area is 163 Å². The summed E-state index contributed by atoms with van der Waals surface area (Å²) in [4.78, 5) is 14.4. The number of aromatic nitrogens is 4. The number of carbonyl (C=O) groups is 1. The average Bonchev–Trinajstić information content (AvgIpc) is 3.14. The molecule has 0 N–H and O–H groups in total. The van der Waals surface area contributed by atoms with Gasteiger partial charge in [0.25, 0.3) is 0 Å².